The average molecular weight is 343 g/mol. The van der Waals surface area contributed by atoms with Crippen LogP contribution in [-0.4, -0.2) is 16.2 Å². The van der Waals surface area contributed by atoms with Crippen LogP contribution in [0.2, 0.25) is 5.02 Å². The van der Waals surface area contributed by atoms with Crippen LogP contribution < -0.4 is 4.74 Å². The highest BCUT2D eigenvalue weighted by Gasteiger charge is 2.11. The van der Waals surface area contributed by atoms with Crippen LogP contribution in [0.3, 0.4) is 0 Å². The summed E-state index contributed by atoms with van der Waals surface area (Å²) in [5.41, 5.74) is 2.01. The summed E-state index contributed by atoms with van der Waals surface area (Å²) in [7, 11) is 0. The Morgan fingerprint density at radius 2 is 1.79 bits per heavy atom. The number of benzene rings is 2. The van der Waals surface area contributed by atoms with E-state index < -0.39 is 0 Å². The van der Waals surface area contributed by atoms with E-state index in [1.54, 1.807) is 24.3 Å². The lowest BCUT2D eigenvalue weighted by atomic mass is 10.1. The van der Waals surface area contributed by atoms with E-state index in [0.29, 0.717) is 29.0 Å². The highest BCUT2D eigenvalue weighted by Crippen LogP contribution is 2.19. The first-order valence-corrected chi connectivity index (χ1v) is 7.83. The van der Waals surface area contributed by atoms with Crippen LogP contribution in [0, 0.1) is 6.92 Å². The van der Waals surface area contributed by atoms with Gasteiger partial charge in [0.1, 0.15) is 5.75 Å². The third-order valence-corrected chi connectivity index (χ3v) is 3.61. The third-order valence-electron chi connectivity index (χ3n) is 3.35. The van der Waals surface area contributed by atoms with Gasteiger partial charge in [-0.1, -0.05) is 29.3 Å². The van der Waals surface area contributed by atoms with Crippen molar-refractivity contribution < 1.29 is 13.9 Å². The maximum absolute atomic E-state index is 11.8. The third kappa shape index (κ3) is 4.20. The molecule has 0 amide bonds. The number of carbonyl (C=O) groups excluding carboxylic acids is 1. The SMILES string of the molecule is Cc1ccc(-c2nnc(CCC(=O)Oc3ccc(Cl)cc3)o2)cc1. The van der Waals surface area contributed by atoms with E-state index in [4.69, 9.17) is 20.8 Å². The van der Waals surface area contributed by atoms with Gasteiger partial charge in [-0.2, -0.15) is 0 Å². The molecule has 0 N–H and O–H groups in total. The summed E-state index contributed by atoms with van der Waals surface area (Å²) in [5.74, 6) is 0.928. The number of halogens is 1. The van der Waals surface area contributed by atoms with E-state index in [1.165, 1.54) is 0 Å². The number of ether oxygens (including phenoxy) is 1. The van der Waals surface area contributed by atoms with Gasteiger partial charge in [0.25, 0.3) is 0 Å². The normalized spacial score (nSPS) is 10.6. The minimum Gasteiger partial charge on any atom is -0.427 e. The molecule has 0 spiro atoms. The van der Waals surface area contributed by atoms with Crippen molar-refractivity contribution in [2.24, 2.45) is 0 Å². The van der Waals surface area contributed by atoms with Gasteiger partial charge in [0.05, 0.1) is 6.42 Å². The standard InChI is InChI=1S/C18H15ClN2O3/c1-12-2-4-13(5-3-12)18-21-20-16(24-18)10-11-17(22)23-15-8-6-14(19)7-9-15/h2-9H,10-11H2,1H3. The zero-order valence-corrected chi connectivity index (χ0v) is 13.8. The molecule has 1 heterocycles. The maximum atomic E-state index is 11.8. The summed E-state index contributed by atoms with van der Waals surface area (Å²) in [4.78, 5) is 11.8. The van der Waals surface area contributed by atoms with Crippen molar-refractivity contribution in [1.29, 1.82) is 0 Å². The van der Waals surface area contributed by atoms with Gasteiger partial charge in [0.2, 0.25) is 11.8 Å². The van der Waals surface area contributed by atoms with Gasteiger partial charge >= 0.3 is 5.97 Å². The first kappa shape index (κ1) is 16.2. The second-order valence-corrected chi connectivity index (χ2v) is 5.73. The highest BCUT2D eigenvalue weighted by molar-refractivity contribution is 6.30. The summed E-state index contributed by atoms with van der Waals surface area (Å²) in [5, 5.41) is 8.56. The molecule has 24 heavy (non-hydrogen) atoms. The van der Waals surface area contributed by atoms with Crippen LogP contribution >= 0.6 is 11.6 Å². The Morgan fingerprint density at radius 1 is 1.08 bits per heavy atom. The Bertz CT molecular complexity index is 826. The molecule has 0 fully saturated rings. The molecule has 0 saturated carbocycles. The Balaban J connectivity index is 1.56. The van der Waals surface area contributed by atoms with Crippen LogP contribution in [-0.2, 0) is 11.2 Å². The van der Waals surface area contributed by atoms with Crippen molar-refractivity contribution in [3.05, 3.63) is 65.0 Å². The van der Waals surface area contributed by atoms with Crippen LogP contribution in [0.1, 0.15) is 17.9 Å². The lowest BCUT2D eigenvalue weighted by molar-refractivity contribution is -0.134. The number of hydrogen-bond donors (Lipinski definition) is 0. The van der Waals surface area contributed by atoms with Gasteiger partial charge in [-0.15, -0.1) is 10.2 Å². The van der Waals surface area contributed by atoms with E-state index in [9.17, 15) is 4.79 Å². The molecule has 3 aromatic rings. The minimum absolute atomic E-state index is 0.151. The van der Waals surface area contributed by atoms with E-state index in [-0.39, 0.29) is 12.4 Å². The fourth-order valence-corrected chi connectivity index (χ4v) is 2.19. The van der Waals surface area contributed by atoms with Gasteiger partial charge in [0.15, 0.2) is 0 Å². The van der Waals surface area contributed by atoms with Gasteiger partial charge in [-0.3, -0.25) is 4.79 Å². The zero-order chi connectivity index (χ0) is 16.9. The molecule has 0 unspecified atom stereocenters. The molecule has 0 aliphatic carbocycles. The number of rotatable bonds is 5. The largest absolute Gasteiger partial charge is 0.427 e. The van der Waals surface area contributed by atoms with E-state index in [1.807, 2.05) is 31.2 Å². The van der Waals surface area contributed by atoms with E-state index in [2.05, 4.69) is 10.2 Å². The van der Waals surface area contributed by atoms with Gasteiger partial charge in [0, 0.05) is 17.0 Å². The average Bonchev–Trinajstić information content (AvgIpc) is 3.05. The summed E-state index contributed by atoms with van der Waals surface area (Å²) >= 11 is 5.78. The first-order valence-electron chi connectivity index (χ1n) is 7.46. The number of aryl methyl sites for hydroxylation is 2. The predicted octanol–water partition coefficient (Wildman–Crippen LogP) is 4.24. The minimum atomic E-state index is -0.368. The fraction of sp³-hybridized carbons (Fsp3) is 0.167. The molecule has 0 bridgehead atoms. The topological polar surface area (TPSA) is 65.2 Å². The molecule has 0 aliphatic rings. The molecule has 0 aliphatic heterocycles. The Kier molecular flexibility index (Phi) is 4.91. The second-order valence-electron chi connectivity index (χ2n) is 5.29. The maximum Gasteiger partial charge on any atom is 0.311 e. The molecular formula is C18H15ClN2O3. The Hall–Kier alpha value is -2.66. The molecule has 1 aromatic heterocycles. The smallest absolute Gasteiger partial charge is 0.311 e. The molecule has 2 aromatic carbocycles. The van der Waals surface area contributed by atoms with Gasteiger partial charge in [-0.25, -0.2) is 0 Å². The molecule has 0 atom stereocenters. The number of aromatic nitrogens is 2. The van der Waals surface area contributed by atoms with Crippen molar-refractivity contribution in [2.45, 2.75) is 19.8 Å². The Labute approximate surface area is 144 Å². The molecule has 122 valence electrons. The van der Waals surface area contributed by atoms with Gasteiger partial charge in [-0.05, 0) is 43.3 Å². The van der Waals surface area contributed by atoms with E-state index >= 15 is 0 Å². The van der Waals surface area contributed by atoms with Crippen molar-refractivity contribution in [3.8, 4) is 17.2 Å². The van der Waals surface area contributed by atoms with Crippen molar-refractivity contribution in [3.63, 3.8) is 0 Å². The molecule has 6 heteroatoms. The van der Waals surface area contributed by atoms with Gasteiger partial charge < -0.3 is 9.15 Å². The molecule has 0 saturated heterocycles. The van der Waals surface area contributed by atoms with Crippen LogP contribution in [0.5, 0.6) is 5.75 Å². The lowest BCUT2D eigenvalue weighted by Gasteiger charge is -2.02. The molecule has 3 rings (SSSR count). The van der Waals surface area contributed by atoms with E-state index in [0.717, 1.165) is 11.1 Å². The number of hydrogen-bond acceptors (Lipinski definition) is 5. The summed E-state index contributed by atoms with van der Waals surface area (Å²) in [6.45, 7) is 2.01. The summed E-state index contributed by atoms with van der Waals surface area (Å²) < 4.78 is 10.8. The predicted molar refractivity (Wildman–Crippen MR) is 89.9 cm³/mol. The monoisotopic (exact) mass is 342 g/mol. The van der Waals surface area contributed by atoms with Crippen molar-refractivity contribution in [1.82, 2.24) is 10.2 Å². The van der Waals surface area contributed by atoms with Crippen molar-refractivity contribution >= 4 is 17.6 Å². The first-order chi connectivity index (χ1) is 11.6. The Morgan fingerprint density at radius 3 is 2.50 bits per heavy atom. The van der Waals surface area contributed by atoms with Crippen LogP contribution in [0.15, 0.2) is 52.9 Å². The summed E-state index contributed by atoms with van der Waals surface area (Å²) in [6.07, 6.45) is 0.476. The van der Waals surface area contributed by atoms with Crippen molar-refractivity contribution in [2.75, 3.05) is 0 Å². The molecule has 5 nitrogen and oxygen atoms in total. The number of esters is 1. The number of carbonyl (C=O) groups is 1. The number of nitrogens with zero attached hydrogens (tertiary/aromatic N) is 2. The lowest BCUT2D eigenvalue weighted by Crippen LogP contribution is -2.09. The van der Waals surface area contributed by atoms with Crippen LogP contribution in [0.4, 0.5) is 0 Å². The highest BCUT2D eigenvalue weighted by atomic mass is 35.5. The second kappa shape index (κ2) is 7.27. The quantitative estimate of drug-likeness (QED) is 0.512. The molecular weight excluding hydrogens is 328 g/mol. The molecule has 0 radical (unpaired) electrons. The summed E-state index contributed by atoms with van der Waals surface area (Å²) in [6, 6.07) is 14.4. The van der Waals surface area contributed by atoms with Crippen LogP contribution in [0.25, 0.3) is 11.5 Å². The fourth-order valence-electron chi connectivity index (χ4n) is 2.06. The zero-order valence-electron chi connectivity index (χ0n) is 13.0.